The van der Waals surface area contributed by atoms with Crippen LogP contribution in [0.25, 0.3) is 0 Å². The third kappa shape index (κ3) is 4.90. The number of anilines is 2. The second-order valence-corrected chi connectivity index (χ2v) is 7.17. The second-order valence-electron chi connectivity index (χ2n) is 6.74. The van der Waals surface area contributed by atoms with Gasteiger partial charge in [0, 0.05) is 16.4 Å². The number of nitrogens with zero attached hydrogens (tertiary/aromatic N) is 1. The number of hydrogen-bond donors (Lipinski definition) is 2. The maximum Gasteiger partial charge on any atom is 0.262 e. The molecular weight excluding hydrogens is 350 g/mol. The van der Waals surface area contributed by atoms with Crippen molar-refractivity contribution < 1.29 is 14.4 Å². The molecule has 3 rings (SSSR count). The van der Waals surface area contributed by atoms with Crippen molar-refractivity contribution >= 4 is 28.9 Å². The normalized spacial score (nSPS) is 15.0. The first-order valence-electron chi connectivity index (χ1n) is 8.86. The summed E-state index contributed by atoms with van der Waals surface area (Å²) in [4.78, 5) is 16.1. The van der Waals surface area contributed by atoms with Crippen molar-refractivity contribution in [1.82, 2.24) is 0 Å². The van der Waals surface area contributed by atoms with Crippen LogP contribution in [0.1, 0.15) is 5.56 Å². The molecule has 1 saturated heterocycles. The van der Waals surface area contributed by atoms with Crippen LogP contribution in [-0.2, 0) is 4.79 Å². The van der Waals surface area contributed by atoms with E-state index in [9.17, 15) is 4.79 Å². The fraction of sp³-hybridized carbons (Fsp3) is 0.350. The van der Waals surface area contributed by atoms with Gasteiger partial charge in [0.25, 0.3) is 5.91 Å². The molecule has 0 saturated carbocycles. The topological polar surface area (TPSA) is 46.0 Å². The van der Waals surface area contributed by atoms with Gasteiger partial charge in [-0.2, -0.15) is 0 Å². The molecule has 6 heteroatoms. The zero-order valence-electron chi connectivity index (χ0n) is 15.2. The average Bonchev–Trinajstić information content (AvgIpc) is 2.62. The minimum Gasteiger partial charge on any atom is -0.483 e. The summed E-state index contributed by atoms with van der Waals surface area (Å²) in [6.45, 7) is 6.29. The number of rotatable bonds is 5. The van der Waals surface area contributed by atoms with Gasteiger partial charge < -0.3 is 19.9 Å². The second kappa shape index (κ2) is 8.43. The van der Waals surface area contributed by atoms with Gasteiger partial charge in [0.1, 0.15) is 5.75 Å². The van der Waals surface area contributed by atoms with E-state index in [2.05, 4.69) is 29.4 Å². The van der Waals surface area contributed by atoms with Gasteiger partial charge in [0.05, 0.1) is 33.2 Å². The highest BCUT2D eigenvalue weighted by molar-refractivity contribution is 6.30. The molecule has 1 aliphatic heterocycles. The van der Waals surface area contributed by atoms with Crippen LogP contribution >= 0.6 is 11.6 Å². The number of carbonyl (C=O) groups is 1. The number of ether oxygens (including phenoxy) is 1. The van der Waals surface area contributed by atoms with E-state index in [0.717, 1.165) is 37.4 Å². The van der Waals surface area contributed by atoms with Crippen molar-refractivity contribution in [1.29, 1.82) is 0 Å². The molecule has 0 aliphatic carbocycles. The molecular formula is C20H25ClN3O2+. The molecule has 0 unspecified atom stereocenters. The SMILES string of the molecule is Cc1cc(Cl)ccc1OCC(=O)Nc1ccc(N2CC[NH+](C)CC2)cc1. The van der Waals surface area contributed by atoms with Crippen molar-refractivity contribution in [2.45, 2.75) is 6.92 Å². The van der Waals surface area contributed by atoms with Crippen LogP contribution in [0, 0.1) is 6.92 Å². The number of quaternary nitrogens is 1. The number of aryl methyl sites for hydroxylation is 1. The van der Waals surface area contributed by atoms with Gasteiger partial charge >= 0.3 is 0 Å². The minimum absolute atomic E-state index is 0.0362. The molecule has 0 bridgehead atoms. The van der Waals surface area contributed by atoms with E-state index in [1.807, 2.05) is 25.1 Å². The molecule has 0 radical (unpaired) electrons. The van der Waals surface area contributed by atoms with E-state index in [1.165, 1.54) is 5.69 Å². The Morgan fingerprint density at radius 2 is 1.88 bits per heavy atom. The standard InChI is InChI=1S/C20H24ClN3O2/c1-15-13-16(21)3-8-19(15)26-14-20(25)22-17-4-6-18(7-5-17)24-11-9-23(2)10-12-24/h3-8,13H,9-12,14H2,1-2H3,(H,22,25)/p+1. The van der Waals surface area contributed by atoms with E-state index in [1.54, 1.807) is 17.0 Å². The zero-order valence-corrected chi connectivity index (χ0v) is 16.0. The Morgan fingerprint density at radius 3 is 2.54 bits per heavy atom. The van der Waals surface area contributed by atoms with E-state index in [4.69, 9.17) is 16.3 Å². The third-order valence-corrected chi connectivity index (χ3v) is 4.86. The summed E-state index contributed by atoms with van der Waals surface area (Å²) in [5.41, 5.74) is 2.88. The molecule has 5 nitrogen and oxygen atoms in total. The lowest BCUT2D eigenvalue weighted by Crippen LogP contribution is -3.12. The smallest absolute Gasteiger partial charge is 0.262 e. The molecule has 138 valence electrons. The predicted molar refractivity (Wildman–Crippen MR) is 106 cm³/mol. The van der Waals surface area contributed by atoms with Crippen molar-refractivity contribution in [2.75, 3.05) is 50.1 Å². The van der Waals surface area contributed by atoms with Crippen LogP contribution in [0.3, 0.4) is 0 Å². The molecule has 1 heterocycles. The summed E-state index contributed by atoms with van der Waals surface area (Å²) in [6.07, 6.45) is 0. The minimum atomic E-state index is -0.185. The summed E-state index contributed by atoms with van der Waals surface area (Å²) in [7, 11) is 2.23. The molecule has 2 aromatic rings. The van der Waals surface area contributed by atoms with Crippen LogP contribution in [-0.4, -0.2) is 45.7 Å². The Morgan fingerprint density at radius 1 is 1.19 bits per heavy atom. The molecule has 2 aromatic carbocycles. The molecule has 1 fully saturated rings. The van der Waals surface area contributed by atoms with Crippen LogP contribution in [0.15, 0.2) is 42.5 Å². The number of nitrogens with one attached hydrogen (secondary N) is 2. The highest BCUT2D eigenvalue weighted by atomic mass is 35.5. The van der Waals surface area contributed by atoms with E-state index < -0.39 is 0 Å². The Kier molecular flexibility index (Phi) is 6.01. The number of likely N-dealkylation sites (N-methyl/N-ethyl adjacent to an activating group) is 1. The molecule has 0 spiro atoms. The Hall–Kier alpha value is -2.24. The lowest BCUT2D eigenvalue weighted by atomic mass is 10.2. The number of amides is 1. The first-order chi connectivity index (χ1) is 12.5. The lowest BCUT2D eigenvalue weighted by molar-refractivity contribution is -0.880. The summed E-state index contributed by atoms with van der Waals surface area (Å²) < 4.78 is 5.57. The first-order valence-corrected chi connectivity index (χ1v) is 9.24. The van der Waals surface area contributed by atoms with Gasteiger partial charge in [-0.15, -0.1) is 0 Å². The number of benzene rings is 2. The monoisotopic (exact) mass is 374 g/mol. The number of hydrogen-bond acceptors (Lipinski definition) is 3. The number of carbonyl (C=O) groups excluding carboxylic acids is 1. The fourth-order valence-electron chi connectivity index (χ4n) is 3.02. The van der Waals surface area contributed by atoms with Crippen molar-refractivity contribution in [3.8, 4) is 5.75 Å². The average molecular weight is 375 g/mol. The van der Waals surface area contributed by atoms with Gasteiger partial charge in [-0.3, -0.25) is 4.79 Å². The molecule has 1 aliphatic rings. The van der Waals surface area contributed by atoms with Crippen molar-refractivity contribution in [3.05, 3.63) is 53.1 Å². The quantitative estimate of drug-likeness (QED) is 0.841. The van der Waals surface area contributed by atoms with Gasteiger partial charge in [-0.25, -0.2) is 0 Å². The van der Waals surface area contributed by atoms with Gasteiger partial charge in [0.2, 0.25) is 0 Å². The summed E-state index contributed by atoms with van der Waals surface area (Å²) in [5, 5.41) is 3.52. The van der Waals surface area contributed by atoms with Crippen LogP contribution in [0.2, 0.25) is 5.02 Å². The van der Waals surface area contributed by atoms with Crippen molar-refractivity contribution in [3.63, 3.8) is 0 Å². The fourth-order valence-corrected chi connectivity index (χ4v) is 3.24. The Labute approximate surface area is 159 Å². The molecule has 0 aromatic heterocycles. The van der Waals surface area contributed by atoms with Crippen molar-refractivity contribution in [2.24, 2.45) is 0 Å². The van der Waals surface area contributed by atoms with Gasteiger partial charge in [-0.1, -0.05) is 11.6 Å². The highest BCUT2D eigenvalue weighted by Crippen LogP contribution is 2.22. The highest BCUT2D eigenvalue weighted by Gasteiger charge is 2.16. The summed E-state index contributed by atoms with van der Waals surface area (Å²) in [5.74, 6) is 0.479. The van der Waals surface area contributed by atoms with Crippen LogP contribution < -0.4 is 19.9 Å². The maximum absolute atomic E-state index is 12.1. The molecule has 1 amide bonds. The van der Waals surface area contributed by atoms with E-state index in [-0.39, 0.29) is 12.5 Å². The van der Waals surface area contributed by atoms with Crippen LogP contribution in [0.4, 0.5) is 11.4 Å². The number of piperazine rings is 1. The Bertz CT molecular complexity index is 756. The van der Waals surface area contributed by atoms with Gasteiger partial charge in [0.15, 0.2) is 6.61 Å². The Balaban J connectivity index is 1.51. The zero-order chi connectivity index (χ0) is 18.5. The van der Waals surface area contributed by atoms with Gasteiger partial charge in [-0.05, 0) is 55.0 Å². The largest absolute Gasteiger partial charge is 0.483 e. The number of halogens is 1. The molecule has 26 heavy (non-hydrogen) atoms. The first kappa shape index (κ1) is 18.5. The predicted octanol–water partition coefficient (Wildman–Crippen LogP) is 2.00. The lowest BCUT2D eigenvalue weighted by Gasteiger charge is -2.31. The molecule has 2 N–H and O–H groups in total. The van der Waals surface area contributed by atoms with Crippen LogP contribution in [0.5, 0.6) is 5.75 Å². The summed E-state index contributed by atoms with van der Waals surface area (Å²) >= 11 is 5.92. The molecule has 0 atom stereocenters. The van der Waals surface area contributed by atoms with E-state index >= 15 is 0 Å². The summed E-state index contributed by atoms with van der Waals surface area (Å²) in [6, 6.07) is 13.3. The third-order valence-electron chi connectivity index (χ3n) is 4.63. The maximum atomic E-state index is 12.1. The van der Waals surface area contributed by atoms with E-state index in [0.29, 0.717) is 10.8 Å².